The van der Waals surface area contributed by atoms with E-state index in [0.29, 0.717) is 41.1 Å². The van der Waals surface area contributed by atoms with Gasteiger partial charge in [-0.3, -0.25) is 4.79 Å². The maximum Gasteiger partial charge on any atom is 0.303 e. The molecule has 0 aromatic rings. The van der Waals surface area contributed by atoms with E-state index < -0.39 is 5.97 Å². The molecule has 4 aliphatic carbocycles. The predicted molar refractivity (Wildman–Crippen MR) is 111 cm³/mol. The van der Waals surface area contributed by atoms with Gasteiger partial charge in [-0.2, -0.15) is 0 Å². The van der Waals surface area contributed by atoms with Gasteiger partial charge in [-0.1, -0.05) is 20.8 Å². The number of carboxylic acids is 1. The number of aliphatic hydroxyl groups is 1. The van der Waals surface area contributed by atoms with Crippen LogP contribution in [0.4, 0.5) is 0 Å². The minimum absolute atomic E-state index is 0.0682. The molecule has 2 N–H and O–H groups in total. The van der Waals surface area contributed by atoms with Crippen molar-refractivity contribution in [2.75, 3.05) is 0 Å². The molecule has 0 spiro atoms. The van der Waals surface area contributed by atoms with Crippen molar-refractivity contribution < 1.29 is 19.7 Å². The molecule has 0 aromatic carbocycles. The number of ether oxygens (including phenoxy) is 1. The standard InChI is InChI=1S/C25H40O4/c1-14-20(6-7-22(27)28)29-21-13-19-17-5-4-15-12-16(26)8-10-24(15,2)18(17)9-11-25(19,3)23(14)21/h14-21,23,26H,4-13H2,1-3H3,(H,27,28). The normalized spacial score (nSPS) is 56.2. The Morgan fingerprint density at radius 2 is 1.79 bits per heavy atom. The molecule has 1 heterocycles. The first kappa shape index (κ1) is 20.3. The molecule has 0 aromatic heterocycles. The molecule has 0 bridgehead atoms. The Morgan fingerprint density at radius 1 is 1.03 bits per heavy atom. The first-order valence-electron chi connectivity index (χ1n) is 12.3. The van der Waals surface area contributed by atoms with Crippen LogP contribution in [0, 0.1) is 46.3 Å². The second kappa shape index (κ2) is 6.95. The van der Waals surface area contributed by atoms with Crippen LogP contribution in [0.2, 0.25) is 0 Å². The van der Waals surface area contributed by atoms with Crippen molar-refractivity contribution in [2.24, 2.45) is 46.3 Å². The van der Waals surface area contributed by atoms with Gasteiger partial charge in [0.2, 0.25) is 0 Å². The topological polar surface area (TPSA) is 66.8 Å². The lowest BCUT2D eigenvalue weighted by molar-refractivity contribution is -0.138. The monoisotopic (exact) mass is 404 g/mol. The third-order valence-electron chi connectivity index (χ3n) is 10.9. The van der Waals surface area contributed by atoms with E-state index in [1.807, 2.05) is 0 Å². The fourth-order valence-electron chi connectivity index (χ4n) is 9.52. The van der Waals surface area contributed by atoms with Gasteiger partial charge < -0.3 is 14.9 Å². The van der Waals surface area contributed by atoms with Gasteiger partial charge in [-0.05, 0) is 104 Å². The third-order valence-corrected chi connectivity index (χ3v) is 10.9. The average Bonchev–Trinajstić information content (AvgIpc) is 3.14. The van der Waals surface area contributed by atoms with Crippen molar-refractivity contribution in [3.63, 3.8) is 0 Å². The lowest BCUT2D eigenvalue weighted by atomic mass is 9.44. The molecule has 5 fully saturated rings. The molecule has 5 aliphatic rings. The van der Waals surface area contributed by atoms with Gasteiger partial charge >= 0.3 is 5.97 Å². The molecule has 1 aliphatic heterocycles. The van der Waals surface area contributed by atoms with E-state index in [9.17, 15) is 9.90 Å². The zero-order valence-electron chi connectivity index (χ0n) is 18.5. The molecule has 11 atom stereocenters. The number of fused-ring (bicyclic) bond motifs is 7. The summed E-state index contributed by atoms with van der Waals surface area (Å²) in [5.41, 5.74) is 0.790. The van der Waals surface area contributed by atoms with Crippen molar-refractivity contribution >= 4 is 5.97 Å². The quantitative estimate of drug-likeness (QED) is 0.703. The van der Waals surface area contributed by atoms with Crippen molar-refractivity contribution in [3.8, 4) is 0 Å². The minimum Gasteiger partial charge on any atom is -0.481 e. The molecule has 11 unspecified atom stereocenters. The number of hydrogen-bond donors (Lipinski definition) is 2. The van der Waals surface area contributed by atoms with Crippen LogP contribution in [0.1, 0.15) is 85.0 Å². The summed E-state index contributed by atoms with van der Waals surface area (Å²) in [6.07, 6.45) is 11.0. The van der Waals surface area contributed by atoms with Crippen LogP contribution in [0.5, 0.6) is 0 Å². The Morgan fingerprint density at radius 3 is 2.55 bits per heavy atom. The molecule has 0 amide bonds. The van der Waals surface area contributed by atoms with Gasteiger partial charge in [-0.15, -0.1) is 0 Å². The zero-order valence-corrected chi connectivity index (χ0v) is 18.5. The van der Waals surface area contributed by atoms with Crippen molar-refractivity contribution in [3.05, 3.63) is 0 Å². The second-order valence-electron chi connectivity index (χ2n) is 11.9. The van der Waals surface area contributed by atoms with E-state index >= 15 is 0 Å². The summed E-state index contributed by atoms with van der Waals surface area (Å²) in [7, 11) is 0. The fraction of sp³-hybridized carbons (Fsp3) is 0.960. The Labute approximate surface area is 175 Å². The highest BCUT2D eigenvalue weighted by atomic mass is 16.5. The summed E-state index contributed by atoms with van der Waals surface area (Å²) >= 11 is 0. The van der Waals surface area contributed by atoms with Crippen molar-refractivity contribution in [2.45, 2.75) is 103 Å². The van der Waals surface area contributed by atoms with E-state index in [1.165, 1.54) is 38.5 Å². The number of aliphatic carboxylic acids is 1. The number of carbonyl (C=O) groups is 1. The highest BCUT2D eigenvalue weighted by Gasteiger charge is 2.65. The van der Waals surface area contributed by atoms with Crippen LogP contribution >= 0.6 is 0 Å². The third kappa shape index (κ3) is 2.95. The summed E-state index contributed by atoms with van der Waals surface area (Å²) in [6.45, 7) is 7.44. The molecule has 0 radical (unpaired) electrons. The van der Waals surface area contributed by atoms with Gasteiger partial charge in [0, 0.05) is 6.42 Å². The molecule has 5 rings (SSSR count). The first-order chi connectivity index (χ1) is 13.7. The lowest BCUT2D eigenvalue weighted by Crippen LogP contribution is -2.54. The largest absolute Gasteiger partial charge is 0.481 e. The van der Waals surface area contributed by atoms with Crippen LogP contribution in [0.15, 0.2) is 0 Å². The van der Waals surface area contributed by atoms with Gasteiger partial charge in [-0.25, -0.2) is 0 Å². The predicted octanol–water partition coefficient (Wildman–Crippen LogP) is 4.88. The van der Waals surface area contributed by atoms with E-state index in [2.05, 4.69) is 20.8 Å². The van der Waals surface area contributed by atoms with Crippen LogP contribution in [-0.2, 0) is 9.53 Å². The van der Waals surface area contributed by atoms with Crippen molar-refractivity contribution in [1.82, 2.24) is 0 Å². The van der Waals surface area contributed by atoms with Crippen LogP contribution < -0.4 is 0 Å². The molecule has 1 saturated heterocycles. The summed E-state index contributed by atoms with van der Waals surface area (Å²) in [4.78, 5) is 11.1. The van der Waals surface area contributed by atoms with Crippen LogP contribution in [0.25, 0.3) is 0 Å². The van der Waals surface area contributed by atoms with Gasteiger partial charge in [0.25, 0.3) is 0 Å². The van der Waals surface area contributed by atoms with Crippen LogP contribution in [-0.4, -0.2) is 34.5 Å². The van der Waals surface area contributed by atoms with Gasteiger partial charge in [0.15, 0.2) is 0 Å². The smallest absolute Gasteiger partial charge is 0.303 e. The molecular formula is C25H40O4. The number of hydrogen-bond acceptors (Lipinski definition) is 3. The van der Waals surface area contributed by atoms with E-state index in [4.69, 9.17) is 9.84 Å². The Bertz CT molecular complexity index is 663. The zero-order chi connectivity index (χ0) is 20.6. The number of rotatable bonds is 3. The molecule has 4 nitrogen and oxygen atoms in total. The fourth-order valence-corrected chi connectivity index (χ4v) is 9.52. The highest BCUT2D eigenvalue weighted by molar-refractivity contribution is 5.66. The molecule has 4 saturated carbocycles. The maximum atomic E-state index is 11.1. The Kier molecular flexibility index (Phi) is 4.87. The van der Waals surface area contributed by atoms with E-state index in [0.717, 1.165) is 30.6 Å². The number of carboxylic acid groups (broad SMARTS) is 1. The van der Waals surface area contributed by atoms with Gasteiger partial charge in [0.05, 0.1) is 18.3 Å². The minimum atomic E-state index is -0.704. The SMILES string of the molecule is CC1C(CCC(=O)O)OC2CC3C4CCC5CC(O)CCC5(C)C4CCC3(C)C21. The Hall–Kier alpha value is -0.610. The summed E-state index contributed by atoms with van der Waals surface area (Å²) in [5.74, 6) is 3.50. The highest BCUT2D eigenvalue weighted by Crippen LogP contribution is 2.70. The molecule has 4 heteroatoms. The lowest BCUT2D eigenvalue weighted by Gasteiger charge is -2.61. The summed E-state index contributed by atoms with van der Waals surface area (Å²) in [5, 5.41) is 19.3. The molecule has 164 valence electrons. The van der Waals surface area contributed by atoms with Crippen molar-refractivity contribution in [1.29, 1.82) is 0 Å². The van der Waals surface area contributed by atoms with E-state index in [-0.39, 0.29) is 18.6 Å². The van der Waals surface area contributed by atoms with E-state index in [1.54, 1.807) is 0 Å². The summed E-state index contributed by atoms with van der Waals surface area (Å²) < 4.78 is 6.53. The summed E-state index contributed by atoms with van der Waals surface area (Å²) in [6, 6.07) is 0. The van der Waals surface area contributed by atoms with Gasteiger partial charge in [0.1, 0.15) is 0 Å². The second-order valence-corrected chi connectivity index (χ2v) is 11.9. The average molecular weight is 405 g/mol. The maximum absolute atomic E-state index is 11.1. The Balaban J connectivity index is 1.35. The first-order valence-corrected chi connectivity index (χ1v) is 12.3. The molecule has 29 heavy (non-hydrogen) atoms. The van der Waals surface area contributed by atoms with Crippen LogP contribution in [0.3, 0.4) is 0 Å². The molecular weight excluding hydrogens is 364 g/mol. The number of aliphatic hydroxyl groups excluding tert-OH is 1.